The van der Waals surface area contributed by atoms with E-state index in [0.717, 1.165) is 11.1 Å². The number of anilines is 1. The number of ether oxygens (including phenoxy) is 1. The van der Waals surface area contributed by atoms with Gasteiger partial charge in [-0.3, -0.25) is 4.79 Å². The quantitative estimate of drug-likeness (QED) is 0.623. The van der Waals surface area contributed by atoms with Crippen LogP contribution in [0, 0.1) is 6.92 Å². The maximum atomic E-state index is 12.1. The minimum atomic E-state index is -0.370. The summed E-state index contributed by atoms with van der Waals surface area (Å²) in [6.07, 6.45) is 0. The first-order valence-corrected chi connectivity index (χ1v) is 9.91. The second kappa shape index (κ2) is 9.86. The zero-order valence-electron chi connectivity index (χ0n) is 14.5. The average Bonchev–Trinajstić information content (AvgIpc) is 2.60. The van der Waals surface area contributed by atoms with Crippen LogP contribution in [0.2, 0.25) is 10.0 Å². The monoisotopic (exact) mass is 411 g/mol. The number of hydrogen-bond donors (Lipinski definition) is 1. The smallest absolute Gasteiger partial charge is 0.338 e. The van der Waals surface area contributed by atoms with Crippen LogP contribution >= 0.6 is 35.0 Å². The minimum Gasteiger partial charge on any atom is -0.462 e. The van der Waals surface area contributed by atoms with Gasteiger partial charge in [0.15, 0.2) is 0 Å². The van der Waals surface area contributed by atoms with E-state index in [1.54, 1.807) is 37.3 Å². The lowest BCUT2D eigenvalue weighted by Gasteiger charge is -2.10. The van der Waals surface area contributed by atoms with E-state index in [-0.39, 0.29) is 11.9 Å². The first-order chi connectivity index (χ1) is 12.4. The zero-order valence-corrected chi connectivity index (χ0v) is 16.8. The Morgan fingerprint density at radius 3 is 2.54 bits per heavy atom. The van der Waals surface area contributed by atoms with E-state index in [4.69, 9.17) is 27.9 Å². The lowest BCUT2D eigenvalue weighted by molar-refractivity contribution is -0.113. The average molecular weight is 412 g/mol. The molecule has 0 aliphatic carbocycles. The maximum Gasteiger partial charge on any atom is 0.338 e. The first kappa shape index (κ1) is 20.6. The topological polar surface area (TPSA) is 55.4 Å². The minimum absolute atomic E-state index is 0.109. The van der Waals surface area contributed by atoms with E-state index in [1.807, 2.05) is 13.0 Å². The highest BCUT2D eigenvalue weighted by molar-refractivity contribution is 7.99. The van der Waals surface area contributed by atoms with Crippen molar-refractivity contribution in [3.8, 4) is 0 Å². The molecule has 7 heteroatoms. The van der Waals surface area contributed by atoms with Crippen molar-refractivity contribution in [1.29, 1.82) is 0 Å². The van der Waals surface area contributed by atoms with Gasteiger partial charge in [-0.25, -0.2) is 4.79 Å². The number of amides is 1. The Hall–Kier alpha value is -1.69. The fourth-order valence-corrected chi connectivity index (χ4v) is 3.32. The molecule has 0 aliphatic heterocycles. The second-order valence-electron chi connectivity index (χ2n) is 5.54. The molecule has 4 nitrogen and oxygen atoms in total. The number of esters is 1. The lowest BCUT2D eigenvalue weighted by atomic mass is 10.1. The highest BCUT2D eigenvalue weighted by atomic mass is 35.5. The molecule has 1 N–H and O–H groups in total. The maximum absolute atomic E-state index is 12.1. The molecule has 0 fully saturated rings. The molecule has 2 aromatic carbocycles. The van der Waals surface area contributed by atoms with Crippen LogP contribution in [0.1, 0.15) is 28.4 Å². The molecule has 2 aromatic rings. The Kier molecular flexibility index (Phi) is 7.82. The normalized spacial score (nSPS) is 10.5. The number of carbonyl (C=O) groups is 2. The van der Waals surface area contributed by atoms with Crippen molar-refractivity contribution in [2.75, 3.05) is 17.7 Å². The van der Waals surface area contributed by atoms with Gasteiger partial charge in [-0.1, -0.05) is 29.3 Å². The summed E-state index contributed by atoms with van der Waals surface area (Å²) in [7, 11) is 0. The van der Waals surface area contributed by atoms with Gasteiger partial charge in [0.1, 0.15) is 0 Å². The van der Waals surface area contributed by atoms with Gasteiger partial charge < -0.3 is 10.1 Å². The van der Waals surface area contributed by atoms with Crippen molar-refractivity contribution in [2.45, 2.75) is 19.6 Å². The largest absolute Gasteiger partial charge is 0.462 e. The number of rotatable bonds is 7. The molecule has 0 spiro atoms. The highest BCUT2D eigenvalue weighted by Crippen LogP contribution is 2.25. The molecular weight excluding hydrogens is 393 g/mol. The summed E-state index contributed by atoms with van der Waals surface area (Å²) in [5, 5.41) is 3.88. The van der Waals surface area contributed by atoms with Crippen LogP contribution in [0.15, 0.2) is 36.4 Å². The van der Waals surface area contributed by atoms with Gasteiger partial charge >= 0.3 is 5.97 Å². The van der Waals surface area contributed by atoms with Gasteiger partial charge in [-0.05, 0) is 55.3 Å². The van der Waals surface area contributed by atoms with Crippen LogP contribution in [-0.2, 0) is 15.3 Å². The number of carbonyl (C=O) groups excluding carboxylic acids is 2. The van der Waals surface area contributed by atoms with Gasteiger partial charge in [0.25, 0.3) is 0 Å². The number of nitrogens with one attached hydrogen (secondary N) is 1. The van der Waals surface area contributed by atoms with E-state index >= 15 is 0 Å². The predicted molar refractivity (Wildman–Crippen MR) is 108 cm³/mol. The van der Waals surface area contributed by atoms with Gasteiger partial charge in [-0.2, -0.15) is 0 Å². The van der Waals surface area contributed by atoms with E-state index in [2.05, 4.69) is 5.32 Å². The number of benzene rings is 2. The summed E-state index contributed by atoms with van der Waals surface area (Å²) in [6.45, 7) is 3.92. The van der Waals surface area contributed by atoms with E-state index in [0.29, 0.717) is 39.4 Å². The number of thioether (sulfide) groups is 1. The molecule has 0 bridgehead atoms. The predicted octanol–water partition coefficient (Wildman–Crippen LogP) is 5.35. The molecule has 0 radical (unpaired) electrons. The fourth-order valence-electron chi connectivity index (χ4n) is 2.22. The van der Waals surface area contributed by atoms with E-state index in [9.17, 15) is 9.59 Å². The molecule has 0 saturated heterocycles. The molecule has 0 heterocycles. The molecule has 2 rings (SSSR count). The molecule has 0 aromatic heterocycles. The van der Waals surface area contributed by atoms with Crippen LogP contribution in [0.5, 0.6) is 0 Å². The summed E-state index contributed by atoms with van der Waals surface area (Å²) < 4.78 is 4.97. The number of halogens is 2. The van der Waals surface area contributed by atoms with Crippen molar-refractivity contribution in [3.05, 3.63) is 63.1 Å². The van der Waals surface area contributed by atoms with Crippen LogP contribution in [0.25, 0.3) is 0 Å². The van der Waals surface area contributed by atoms with Crippen molar-refractivity contribution in [2.24, 2.45) is 0 Å². The van der Waals surface area contributed by atoms with Gasteiger partial charge in [0, 0.05) is 11.4 Å². The lowest BCUT2D eigenvalue weighted by Crippen LogP contribution is -2.15. The third-order valence-electron chi connectivity index (χ3n) is 3.50. The molecule has 0 aliphatic rings. The van der Waals surface area contributed by atoms with Crippen molar-refractivity contribution >= 4 is 52.5 Å². The fraction of sp³-hybridized carbons (Fsp3) is 0.263. The third-order valence-corrected chi connectivity index (χ3v) is 5.24. The highest BCUT2D eigenvalue weighted by Gasteiger charge is 2.10. The van der Waals surface area contributed by atoms with Gasteiger partial charge in [-0.15, -0.1) is 11.8 Å². The summed E-state index contributed by atoms with van der Waals surface area (Å²) in [5.41, 5.74) is 2.96. The third kappa shape index (κ3) is 5.94. The molecule has 138 valence electrons. The summed E-state index contributed by atoms with van der Waals surface area (Å²) >= 11 is 13.3. The summed E-state index contributed by atoms with van der Waals surface area (Å²) in [4.78, 5) is 23.8. The molecule has 26 heavy (non-hydrogen) atoms. The van der Waals surface area contributed by atoms with Gasteiger partial charge in [0.05, 0.1) is 28.0 Å². The zero-order chi connectivity index (χ0) is 19.1. The van der Waals surface area contributed by atoms with Crippen molar-refractivity contribution in [3.63, 3.8) is 0 Å². The van der Waals surface area contributed by atoms with Crippen LogP contribution < -0.4 is 5.32 Å². The van der Waals surface area contributed by atoms with Gasteiger partial charge in [0.2, 0.25) is 5.91 Å². The van der Waals surface area contributed by atoms with Crippen LogP contribution in [0.4, 0.5) is 5.69 Å². The standard InChI is InChI=1S/C19H19Cl2NO3S/c1-3-25-19(24)14-5-7-17(12(2)8-14)22-18(23)11-26-10-13-4-6-15(20)16(21)9-13/h4-9H,3,10-11H2,1-2H3,(H,22,23). The van der Waals surface area contributed by atoms with Crippen LogP contribution in [0.3, 0.4) is 0 Å². The molecule has 0 saturated carbocycles. The summed E-state index contributed by atoms with van der Waals surface area (Å²) in [5.74, 6) is 0.484. The number of aryl methyl sites for hydroxylation is 1. The van der Waals surface area contributed by atoms with E-state index in [1.165, 1.54) is 11.8 Å². The Morgan fingerprint density at radius 2 is 1.88 bits per heavy atom. The van der Waals surface area contributed by atoms with Crippen LogP contribution in [-0.4, -0.2) is 24.2 Å². The molecule has 0 atom stereocenters. The van der Waals surface area contributed by atoms with E-state index < -0.39 is 0 Å². The molecular formula is C19H19Cl2NO3S. The molecule has 0 unspecified atom stereocenters. The Labute approximate surface area is 167 Å². The van der Waals surface area contributed by atoms with Crippen molar-refractivity contribution in [1.82, 2.24) is 0 Å². The summed E-state index contributed by atoms with van der Waals surface area (Å²) in [6, 6.07) is 10.5. The Morgan fingerprint density at radius 1 is 1.12 bits per heavy atom. The first-order valence-electron chi connectivity index (χ1n) is 8.00. The molecule has 1 amide bonds. The Bertz CT molecular complexity index is 811. The Balaban J connectivity index is 1.87. The SMILES string of the molecule is CCOC(=O)c1ccc(NC(=O)CSCc2ccc(Cl)c(Cl)c2)c(C)c1. The second-order valence-corrected chi connectivity index (χ2v) is 7.34. The number of hydrogen-bond acceptors (Lipinski definition) is 4. The van der Waals surface area contributed by atoms with Crippen molar-refractivity contribution < 1.29 is 14.3 Å².